The first-order valence-electron chi connectivity index (χ1n) is 8.42. The Labute approximate surface area is 145 Å². The van der Waals surface area contributed by atoms with Crippen LogP contribution in [0, 0.1) is 0 Å². The van der Waals surface area contributed by atoms with Gasteiger partial charge in [0.25, 0.3) is 0 Å². The van der Waals surface area contributed by atoms with Crippen LogP contribution in [-0.4, -0.2) is 39.8 Å². The van der Waals surface area contributed by atoms with E-state index in [0.29, 0.717) is 12.4 Å². The van der Waals surface area contributed by atoms with E-state index < -0.39 is 0 Å². The number of aromatic nitrogens is 3. The Morgan fingerprint density at radius 3 is 2.84 bits per heavy atom. The first kappa shape index (κ1) is 15.4. The SMILES string of the molecule is O=C(NCc1nnc2ccccn12)NC1CCN(c2ccccc2)C1. The molecule has 7 nitrogen and oxygen atoms in total. The summed E-state index contributed by atoms with van der Waals surface area (Å²) in [6.45, 7) is 2.11. The summed E-state index contributed by atoms with van der Waals surface area (Å²) in [5, 5.41) is 14.1. The average Bonchev–Trinajstić information content (AvgIpc) is 3.28. The van der Waals surface area contributed by atoms with Crippen LogP contribution in [0.4, 0.5) is 10.5 Å². The second-order valence-electron chi connectivity index (χ2n) is 6.14. The fourth-order valence-corrected chi connectivity index (χ4v) is 3.16. The fraction of sp³-hybridized carbons (Fsp3) is 0.278. The molecule has 2 aromatic heterocycles. The van der Waals surface area contributed by atoms with Gasteiger partial charge in [-0.1, -0.05) is 24.3 Å². The summed E-state index contributed by atoms with van der Waals surface area (Å²) in [6, 6.07) is 15.9. The van der Waals surface area contributed by atoms with E-state index >= 15 is 0 Å². The van der Waals surface area contributed by atoms with Crippen molar-refractivity contribution in [1.29, 1.82) is 0 Å². The Morgan fingerprint density at radius 1 is 1.12 bits per heavy atom. The lowest BCUT2D eigenvalue weighted by Gasteiger charge is -2.19. The van der Waals surface area contributed by atoms with Crippen LogP contribution >= 0.6 is 0 Å². The third-order valence-corrected chi connectivity index (χ3v) is 4.44. The predicted molar refractivity (Wildman–Crippen MR) is 95.4 cm³/mol. The molecule has 4 rings (SSSR count). The minimum Gasteiger partial charge on any atom is -0.369 e. The van der Waals surface area contributed by atoms with Gasteiger partial charge >= 0.3 is 6.03 Å². The molecule has 0 bridgehead atoms. The molecule has 1 saturated heterocycles. The monoisotopic (exact) mass is 336 g/mol. The van der Waals surface area contributed by atoms with Crippen molar-refractivity contribution in [3.05, 3.63) is 60.6 Å². The largest absolute Gasteiger partial charge is 0.369 e. The molecule has 1 fully saturated rings. The van der Waals surface area contributed by atoms with Crippen molar-refractivity contribution in [2.45, 2.75) is 19.0 Å². The van der Waals surface area contributed by atoms with Gasteiger partial charge in [-0.25, -0.2) is 4.79 Å². The normalized spacial score (nSPS) is 17.0. The molecule has 0 saturated carbocycles. The van der Waals surface area contributed by atoms with Gasteiger partial charge in [-0.2, -0.15) is 0 Å². The molecular formula is C18H20N6O. The summed E-state index contributed by atoms with van der Waals surface area (Å²) in [5.74, 6) is 0.711. The van der Waals surface area contributed by atoms with E-state index in [1.807, 2.05) is 47.0 Å². The molecule has 2 amide bonds. The second-order valence-corrected chi connectivity index (χ2v) is 6.14. The van der Waals surface area contributed by atoms with Crippen molar-refractivity contribution in [1.82, 2.24) is 25.2 Å². The van der Waals surface area contributed by atoms with Gasteiger partial charge in [-0.15, -0.1) is 10.2 Å². The highest BCUT2D eigenvalue weighted by atomic mass is 16.2. The van der Waals surface area contributed by atoms with E-state index in [0.717, 1.165) is 25.2 Å². The lowest BCUT2D eigenvalue weighted by atomic mass is 10.3. The number of fused-ring (bicyclic) bond motifs is 1. The highest BCUT2D eigenvalue weighted by molar-refractivity contribution is 5.74. The minimum absolute atomic E-state index is 0.148. The predicted octanol–water partition coefficient (Wildman–Crippen LogP) is 1.81. The van der Waals surface area contributed by atoms with Crippen LogP contribution in [0.3, 0.4) is 0 Å². The van der Waals surface area contributed by atoms with Crippen molar-refractivity contribution in [2.75, 3.05) is 18.0 Å². The first-order valence-corrected chi connectivity index (χ1v) is 8.42. The third kappa shape index (κ3) is 3.40. The Morgan fingerprint density at radius 2 is 1.96 bits per heavy atom. The molecule has 3 heterocycles. The zero-order valence-corrected chi connectivity index (χ0v) is 13.8. The van der Waals surface area contributed by atoms with Gasteiger partial charge in [0.15, 0.2) is 11.5 Å². The number of benzene rings is 1. The third-order valence-electron chi connectivity index (χ3n) is 4.44. The van der Waals surface area contributed by atoms with Crippen LogP contribution in [0.15, 0.2) is 54.7 Å². The van der Waals surface area contributed by atoms with Crippen molar-refractivity contribution in [3.63, 3.8) is 0 Å². The summed E-state index contributed by atoms with van der Waals surface area (Å²) in [5.41, 5.74) is 1.97. The Bertz CT molecular complexity index is 862. The lowest BCUT2D eigenvalue weighted by Crippen LogP contribution is -2.43. The molecule has 2 N–H and O–H groups in total. The minimum atomic E-state index is -0.174. The number of nitrogens with zero attached hydrogens (tertiary/aromatic N) is 4. The molecule has 1 atom stereocenters. The molecule has 25 heavy (non-hydrogen) atoms. The van der Waals surface area contributed by atoms with Gasteiger partial charge in [0.2, 0.25) is 0 Å². The molecule has 0 aliphatic carbocycles. The number of urea groups is 1. The molecule has 128 valence electrons. The van der Waals surface area contributed by atoms with Gasteiger partial charge in [0.05, 0.1) is 6.54 Å². The maximum atomic E-state index is 12.2. The first-order chi connectivity index (χ1) is 12.3. The van der Waals surface area contributed by atoms with Crippen LogP contribution in [0.1, 0.15) is 12.2 Å². The molecule has 3 aromatic rings. The number of pyridine rings is 1. The fourth-order valence-electron chi connectivity index (χ4n) is 3.16. The topological polar surface area (TPSA) is 74.6 Å². The molecule has 7 heteroatoms. The highest BCUT2D eigenvalue weighted by Gasteiger charge is 2.24. The van der Waals surface area contributed by atoms with Gasteiger partial charge in [0, 0.05) is 31.0 Å². The Balaban J connectivity index is 1.30. The second kappa shape index (κ2) is 6.80. The number of carbonyl (C=O) groups excluding carboxylic acids is 1. The Kier molecular flexibility index (Phi) is 4.20. The smallest absolute Gasteiger partial charge is 0.315 e. The number of nitrogens with one attached hydrogen (secondary N) is 2. The number of hydrogen-bond acceptors (Lipinski definition) is 4. The Hall–Kier alpha value is -3.09. The summed E-state index contributed by atoms with van der Waals surface area (Å²) >= 11 is 0. The molecule has 1 aromatic carbocycles. The highest BCUT2D eigenvalue weighted by Crippen LogP contribution is 2.19. The summed E-state index contributed by atoms with van der Waals surface area (Å²) in [6.07, 6.45) is 2.83. The quantitative estimate of drug-likeness (QED) is 0.762. The van der Waals surface area contributed by atoms with Crippen molar-refractivity contribution < 1.29 is 4.79 Å². The van der Waals surface area contributed by atoms with E-state index in [9.17, 15) is 4.79 Å². The molecule has 0 spiro atoms. The molecule has 1 aliphatic heterocycles. The number of rotatable bonds is 4. The zero-order chi connectivity index (χ0) is 17.1. The van der Waals surface area contributed by atoms with Crippen LogP contribution < -0.4 is 15.5 Å². The number of amides is 2. The van der Waals surface area contributed by atoms with Gasteiger partial charge < -0.3 is 15.5 Å². The number of para-hydroxylation sites is 1. The summed E-state index contributed by atoms with van der Waals surface area (Å²) in [7, 11) is 0. The summed E-state index contributed by atoms with van der Waals surface area (Å²) in [4.78, 5) is 14.5. The number of carbonyl (C=O) groups is 1. The molecule has 0 radical (unpaired) electrons. The van der Waals surface area contributed by atoms with Crippen LogP contribution in [-0.2, 0) is 6.54 Å². The molecule has 1 aliphatic rings. The van der Waals surface area contributed by atoms with Gasteiger partial charge in [-0.05, 0) is 30.7 Å². The van der Waals surface area contributed by atoms with Crippen molar-refractivity contribution in [2.24, 2.45) is 0 Å². The van der Waals surface area contributed by atoms with Gasteiger partial charge in [0.1, 0.15) is 0 Å². The maximum absolute atomic E-state index is 12.2. The van der Waals surface area contributed by atoms with E-state index in [1.165, 1.54) is 5.69 Å². The van der Waals surface area contributed by atoms with Gasteiger partial charge in [-0.3, -0.25) is 4.40 Å². The van der Waals surface area contributed by atoms with Crippen LogP contribution in [0.5, 0.6) is 0 Å². The molecular weight excluding hydrogens is 316 g/mol. The van der Waals surface area contributed by atoms with E-state index in [4.69, 9.17) is 0 Å². The standard InChI is InChI=1S/C18H20N6O/c25-18(19-12-17-22-21-16-8-4-5-10-24(16)17)20-14-9-11-23(13-14)15-6-2-1-3-7-15/h1-8,10,14H,9,11-13H2,(H2,19,20,25). The van der Waals surface area contributed by atoms with Crippen molar-refractivity contribution >= 4 is 17.4 Å². The maximum Gasteiger partial charge on any atom is 0.315 e. The average molecular weight is 336 g/mol. The number of hydrogen-bond donors (Lipinski definition) is 2. The molecule has 1 unspecified atom stereocenters. The van der Waals surface area contributed by atoms with Crippen LogP contribution in [0.25, 0.3) is 5.65 Å². The van der Waals surface area contributed by atoms with E-state index in [2.05, 4.69) is 37.9 Å². The van der Waals surface area contributed by atoms with E-state index in [-0.39, 0.29) is 12.1 Å². The lowest BCUT2D eigenvalue weighted by molar-refractivity contribution is 0.237. The van der Waals surface area contributed by atoms with Crippen LogP contribution in [0.2, 0.25) is 0 Å². The summed E-state index contributed by atoms with van der Waals surface area (Å²) < 4.78 is 1.87. The zero-order valence-electron chi connectivity index (χ0n) is 13.8. The van der Waals surface area contributed by atoms with E-state index in [1.54, 1.807) is 0 Å². The number of anilines is 1. The van der Waals surface area contributed by atoms with Crippen molar-refractivity contribution in [3.8, 4) is 0 Å².